The van der Waals surface area contributed by atoms with E-state index in [9.17, 15) is 8.42 Å². The van der Waals surface area contributed by atoms with E-state index >= 15 is 0 Å². The molecule has 0 aliphatic carbocycles. The molecule has 0 aliphatic heterocycles. The molecule has 0 amide bonds. The summed E-state index contributed by atoms with van der Waals surface area (Å²) in [6.07, 6.45) is 3.08. The highest BCUT2D eigenvalue weighted by Gasteiger charge is 2.17. The van der Waals surface area contributed by atoms with Crippen LogP contribution in [0.1, 0.15) is 18.1 Å². The maximum absolute atomic E-state index is 12.5. The summed E-state index contributed by atoms with van der Waals surface area (Å²) in [5, 5.41) is 3.19. The predicted octanol–water partition coefficient (Wildman–Crippen LogP) is 2.30. The van der Waals surface area contributed by atoms with E-state index in [0.29, 0.717) is 22.7 Å². The lowest BCUT2D eigenvalue weighted by Gasteiger charge is -2.12. The van der Waals surface area contributed by atoms with Gasteiger partial charge in [-0.2, -0.15) is 0 Å². The van der Waals surface area contributed by atoms with Crippen molar-refractivity contribution in [2.75, 3.05) is 11.3 Å². The van der Waals surface area contributed by atoms with E-state index in [1.54, 1.807) is 31.3 Å². The summed E-state index contributed by atoms with van der Waals surface area (Å²) in [6.45, 7) is 5.28. The quantitative estimate of drug-likeness (QED) is 0.859. The van der Waals surface area contributed by atoms with Gasteiger partial charge in [0.25, 0.3) is 10.0 Å². The van der Waals surface area contributed by atoms with Crippen LogP contribution in [0.15, 0.2) is 47.6 Å². The Balaban J connectivity index is 2.30. The second kappa shape index (κ2) is 6.69. The van der Waals surface area contributed by atoms with Crippen molar-refractivity contribution in [3.63, 3.8) is 0 Å². The smallest absolute Gasteiger partial charge is 0.262 e. The molecule has 1 aromatic carbocycles. The fourth-order valence-corrected chi connectivity index (χ4v) is 3.29. The Kier molecular flexibility index (Phi) is 4.93. The molecule has 0 spiro atoms. The largest absolute Gasteiger partial charge is 0.313 e. The summed E-state index contributed by atoms with van der Waals surface area (Å²) < 4.78 is 27.5. The molecule has 2 rings (SSSR count). The molecule has 0 saturated carbocycles. The highest BCUT2D eigenvalue weighted by Crippen LogP contribution is 2.20. The fourth-order valence-electron chi connectivity index (χ4n) is 1.95. The number of pyridine rings is 1. The van der Waals surface area contributed by atoms with Gasteiger partial charge in [-0.15, -0.1) is 0 Å². The molecule has 2 N–H and O–H groups in total. The molecule has 0 unspecified atom stereocenters. The van der Waals surface area contributed by atoms with E-state index in [-0.39, 0.29) is 0 Å². The lowest BCUT2D eigenvalue weighted by Crippen LogP contribution is -2.16. The SMILES string of the molecule is CCNCc1ccc(C)c(S(=O)(=O)Nc2cccnc2)c1. The van der Waals surface area contributed by atoms with Crippen LogP contribution in [0.4, 0.5) is 5.69 Å². The summed E-state index contributed by atoms with van der Waals surface area (Å²) in [5.74, 6) is 0. The lowest BCUT2D eigenvalue weighted by molar-refractivity contribution is 0.600. The average Bonchev–Trinajstić information content (AvgIpc) is 2.47. The molecule has 21 heavy (non-hydrogen) atoms. The molecule has 0 fully saturated rings. The Morgan fingerprint density at radius 2 is 2.05 bits per heavy atom. The minimum absolute atomic E-state index is 0.293. The minimum Gasteiger partial charge on any atom is -0.313 e. The molecule has 1 aromatic heterocycles. The minimum atomic E-state index is -3.61. The molecule has 1 heterocycles. The van der Waals surface area contributed by atoms with Gasteiger partial charge in [-0.25, -0.2) is 8.42 Å². The third-order valence-electron chi connectivity index (χ3n) is 3.03. The van der Waals surface area contributed by atoms with E-state index in [0.717, 1.165) is 12.1 Å². The van der Waals surface area contributed by atoms with Crippen LogP contribution in [0.25, 0.3) is 0 Å². The Morgan fingerprint density at radius 3 is 2.71 bits per heavy atom. The van der Waals surface area contributed by atoms with E-state index < -0.39 is 10.0 Å². The van der Waals surface area contributed by atoms with E-state index in [4.69, 9.17) is 0 Å². The zero-order valence-corrected chi connectivity index (χ0v) is 12.9. The van der Waals surface area contributed by atoms with Crippen molar-refractivity contribution < 1.29 is 8.42 Å². The number of nitrogens with zero attached hydrogens (tertiary/aromatic N) is 1. The van der Waals surface area contributed by atoms with Gasteiger partial charge in [-0.1, -0.05) is 19.1 Å². The summed E-state index contributed by atoms with van der Waals surface area (Å²) in [5.41, 5.74) is 2.11. The van der Waals surface area contributed by atoms with Crippen molar-refractivity contribution in [3.05, 3.63) is 53.9 Å². The van der Waals surface area contributed by atoms with E-state index in [1.807, 2.05) is 19.1 Å². The van der Waals surface area contributed by atoms with Crippen LogP contribution in [0.3, 0.4) is 0 Å². The molecular formula is C15H19N3O2S. The van der Waals surface area contributed by atoms with Crippen molar-refractivity contribution in [2.45, 2.75) is 25.3 Å². The Morgan fingerprint density at radius 1 is 1.24 bits per heavy atom. The number of sulfonamides is 1. The van der Waals surface area contributed by atoms with Crippen molar-refractivity contribution in [3.8, 4) is 0 Å². The van der Waals surface area contributed by atoms with E-state index in [2.05, 4.69) is 15.0 Å². The number of aromatic nitrogens is 1. The number of rotatable bonds is 6. The molecule has 0 saturated heterocycles. The number of benzene rings is 1. The maximum Gasteiger partial charge on any atom is 0.262 e. The first kappa shape index (κ1) is 15.5. The van der Waals surface area contributed by atoms with Gasteiger partial charge in [-0.05, 0) is 42.8 Å². The van der Waals surface area contributed by atoms with Gasteiger partial charge in [0.2, 0.25) is 0 Å². The van der Waals surface area contributed by atoms with Gasteiger partial charge in [0, 0.05) is 12.7 Å². The second-order valence-electron chi connectivity index (χ2n) is 4.73. The van der Waals surface area contributed by atoms with Crippen LogP contribution in [-0.4, -0.2) is 19.9 Å². The molecule has 0 bridgehead atoms. The van der Waals surface area contributed by atoms with E-state index in [1.165, 1.54) is 6.20 Å². The van der Waals surface area contributed by atoms with Gasteiger partial charge in [0.15, 0.2) is 0 Å². The molecule has 0 atom stereocenters. The lowest BCUT2D eigenvalue weighted by atomic mass is 10.1. The zero-order chi connectivity index (χ0) is 15.3. The van der Waals surface area contributed by atoms with Gasteiger partial charge in [0.05, 0.1) is 16.8 Å². The number of hydrogen-bond acceptors (Lipinski definition) is 4. The fraction of sp³-hybridized carbons (Fsp3) is 0.267. The standard InChI is InChI=1S/C15H19N3O2S/c1-3-16-10-13-7-6-12(2)15(9-13)21(19,20)18-14-5-4-8-17-11-14/h4-9,11,16,18H,3,10H2,1-2H3. The Labute approximate surface area is 125 Å². The molecule has 2 aromatic rings. The van der Waals surface area contributed by atoms with Gasteiger partial charge < -0.3 is 5.32 Å². The van der Waals surface area contributed by atoms with Crippen LogP contribution in [0, 0.1) is 6.92 Å². The first-order valence-electron chi connectivity index (χ1n) is 6.76. The molecular weight excluding hydrogens is 286 g/mol. The van der Waals surface area contributed by atoms with Gasteiger partial charge in [-0.3, -0.25) is 9.71 Å². The molecule has 0 aliphatic rings. The number of anilines is 1. The van der Waals surface area contributed by atoms with Crippen LogP contribution < -0.4 is 10.0 Å². The average molecular weight is 305 g/mol. The number of aryl methyl sites for hydroxylation is 1. The topological polar surface area (TPSA) is 71.1 Å². The van der Waals surface area contributed by atoms with Gasteiger partial charge >= 0.3 is 0 Å². The van der Waals surface area contributed by atoms with Crippen LogP contribution in [0.5, 0.6) is 0 Å². The predicted molar refractivity (Wildman–Crippen MR) is 83.6 cm³/mol. The number of hydrogen-bond donors (Lipinski definition) is 2. The highest BCUT2D eigenvalue weighted by molar-refractivity contribution is 7.92. The number of nitrogens with one attached hydrogen (secondary N) is 2. The molecule has 112 valence electrons. The maximum atomic E-state index is 12.5. The summed E-state index contributed by atoms with van der Waals surface area (Å²) in [7, 11) is -3.61. The first-order chi connectivity index (χ1) is 10.0. The van der Waals surface area contributed by atoms with Crippen LogP contribution in [0.2, 0.25) is 0 Å². The van der Waals surface area contributed by atoms with Crippen molar-refractivity contribution in [1.29, 1.82) is 0 Å². The molecule has 0 radical (unpaired) electrons. The summed E-state index contributed by atoms with van der Waals surface area (Å²) >= 11 is 0. The Hall–Kier alpha value is -1.92. The molecule has 5 nitrogen and oxygen atoms in total. The van der Waals surface area contributed by atoms with Crippen molar-refractivity contribution in [2.24, 2.45) is 0 Å². The van der Waals surface area contributed by atoms with Crippen LogP contribution >= 0.6 is 0 Å². The van der Waals surface area contributed by atoms with Crippen molar-refractivity contribution in [1.82, 2.24) is 10.3 Å². The zero-order valence-electron chi connectivity index (χ0n) is 12.1. The second-order valence-corrected chi connectivity index (χ2v) is 6.38. The molecule has 6 heteroatoms. The Bertz CT molecular complexity index is 700. The third kappa shape index (κ3) is 4.03. The van der Waals surface area contributed by atoms with Crippen LogP contribution in [-0.2, 0) is 16.6 Å². The first-order valence-corrected chi connectivity index (χ1v) is 8.24. The summed E-state index contributed by atoms with van der Waals surface area (Å²) in [6, 6.07) is 8.82. The summed E-state index contributed by atoms with van der Waals surface area (Å²) in [4.78, 5) is 4.20. The monoisotopic (exact) mass is 305 g/mol. The third-order valence-corrected chi connectivity index (χ3v) is 4.56. The van der Waals surface area contributed by atoms with Gasteiger partial charge in [0.1, 0.15) is 0 Å². The van der Waals surface area contributed by atoms with Crippen molar-refractivity contribution >= 4 is 15.7 Å². The highest BCUT2D eigenvalue weighted by atomic mass is 32.2. The normalized spacial score (nSPS) is 11.3.